The fourth-order valence-electron chi connectivity index (χ4n) is 3.51. The molecule has 0 unspecified atom stereocenters. The van der Waals surface area contributed by atoms with Crippen LogP contribution in [-0.2, 0) is 21.0 Å². The maximum atomic E-state index is 12.2. The zero-order valence-corrected chi connectivity index (χ0v) is 15.5. The Hall–Kier alpha value is -2.12. The third kappa shape index (κ3) is 4.34. The van der Waals surface area contributed by atoms with Crippen LogP contribution in [0.2, 0.25) is 0 Å². The average molecular weight is 361 g/mol. The fraction of sp³-hybridized carbons (Fsp3) is 0.579. The number of hydrogen-bond acceptors (Lipinski definition) is 5. The summed E-state index contributed by atoms with van der Waals surface area (Å²) in [6.45, 7) is 3.29. The molecule has 2 fully saturated rings. The van der Waals surface area contributed by atoms with E-state index in [1.165, 1.54) is 12.2 Å². The van der Waals surface area contributed by atoms with Gasteiger partial charge in [-0.2, -0.15) is 0 Å². The summed E-state index contributed by atoms with van der Waals surface area (Å²) in [5, 5.41) is 1.31. The highest BCUT2D eigenvalue weighted by atomic mass is 16.7. The van der Waals surface area contributed by atoms with Gasteiger partial charge in [-0.15, -0.1) is 0 Å². The van der Waals surface area contributed by atoms with Crippen molar-refractivity contribution in [1.82, 2.24) is 14.9 Å². The number of rotatable bonds is 5. The van der Waals surface area contributed by atoms with Gasteiger partial charge in [0.05, 0.1) is 7.11 Å². The molecule has 2 amide bonds. The molecule has 1 heterocycles. The van der Waals surface area contributed by atoms with Crippen LogP contribution in [0.1, 0.15) is 18.4 Å². The summed E-state index contributed by atoms with van der Waals surface area (Å²) in [7, 11) is 3.15. The van der Waals surface area contributed by atoms with Gasteiger partial charge < -0.3 is 9.64 Å². The summed E-state index contributed by atoms with van der Waals surface area (Å²) in [6.07, 6.45) is 1.48. The SMILES string of the molecule is CON(C)C(=O)C1CC(N2CCN(C(=O)OCc3ccccc3)CC2)C1. The summed E-state index contributed by atoms with van der Waals surface area (Å²) in [5.74, 6) is 0.102. The van der Waals surface area contributed by atoms with Gasteiger partial charge in [-0.3, -0.25) is 14.5 Å². The number of ether oxygens (including phenoxy) is 1. The van der Waals surface area contributed by atoms with Crippen LogP contribution in [0.15, 0.2) is 30.3 Å². The molecular formula is C19H27N3O4. The highest BCUT2D eigenvalue weighted by molar-refractivity contribution is 5.78. The fourth-order valence-corrected chi connectivity index (χ4v) is 3.51. The van der Waals surface area contributed by atoms with Crippen molar-refractivity contribution in [1.29, 1.82) is 0 Å². The molecule has 7 heteroatoms. The van der Waals surface area contributed by atoms with Gasteiger partial charge in [0.25, 0.3) is 0 Å². The summed E-state index contributed by atoms with van der Waals surface area (Å²) in [5.41, 5.74) is 0.991. The number of benzene rings is 1. The van der Waals surface area contributed by atoms with Crippen LogP contribution in [0, 0.1) is 5.92 Å². The Morgan fingerprint density at radius 3 is 2.38 bits per heavy atom. The first-order valence-corrected chi connectivity index (χ1v) is 9.10. The topological polar surface area (TPSA) is 62.3 Å². The number of carbonyl (C=O) groups is 2. The largest absolute Gasteiger partial charge is 0.445 e. The molecule has 26 heavy (non-hydrogen) atoms. The van der Waals surface area contributed by atoms with Gasteiger partial charge in [-0.25, -0.2) is 9.86 Å². The van der Waals surface area contributed by atoms with E-state index in [-0.39, 0.29) is 17.9 Å². The lowest BCUT2D eigenvalue weighted by atomic mass is 9.78. The van der Waals surface area contributed by atoms with Crippen molar-refractivity contribution >= 4 is 12.0 Å². The molecule has 0 bridgehead atoms. The quantitative estimate of drug-likeness (QED) is 0.748. The van der Waals surface area contributed by atoms with E-state index in [0.29, 0.717) is 25.7 Å². The van der Waals surface area contributed by atoms with Crippen LogP contribution < -0.4 is 0 Å². The highest BCUT2D eigenvalue weighted by Gasteiger charge is 2.40. The van der Waals surface area contributed by atoms with E-state index in [0.717, 1.165) is 31.5 Å². The van der Waals surface area contributed by atoms with E-state index in [9.17, 15) is 9.59 Å². The number of amides is 2. The van der Waals surface area contributed by atoms with E-state index >= 15 is 0 Å². The molecule has 0 aromatic heterocycles. The molecule has 0 atom stereocenters. The lowest BCUT2D eigenvalue weighted by Gasteiger charge is -2.46. The maximum absolute atomic E-state index is 12.2. The minimum absolute atomic E-state index is 0.0480. The van der Waals surface area contributed by atoms with Gasteiger partial charge in [0.2, 0.25) is 5.91 Å². The molecule has 1 aliphatic heterocycles. The molecule has 0 radical (unpaired) electrons. The number of carbonyl (C=O) groups excluding carboxylic acids is 2. The smallest absolute Gasteiger partial charge is 0.410 e. The van der Waals surface area contributed by atoms with Crippen LogP contribution in [0.5, 0.6) is 0 Å². The van der Waals surface area contributed by atoms with Crippen LogP contribution in [-0.4, -0.2) is 73.2 Å². The van der Waals surface area contributed by atoms with Crippen molar-refractivity contribution in [2.24, 2.45) is 5.92 Å². The number of nitrogens with zero attached hydrogens (tertiary/aromatic N) is 3. The normalized spacial score (nSPS) is 23.2. The van der Waals surface area contributed by atoms with Crippen molar-refractivity contribution in [2.75, 3.05) is 40.3 Å². The molecule has 1 aromatic rings. The van der Waals surface area contributed by atoms with Crippen LogP contribution in [0.25, 0.3) is 0 Å². The van der Waals surface area contributed by atoms with Crippen LogP contribution in [0.3, 0.4) is 0 Å². The third-order valence-electron chi connectivity index (χ3n) is 5.34. The highest BCUT2D eigenvalue weighted by Crippen LogP contribution is 2.33. The maximum Gasteiger partial charge on any atom is 0.410 e. The molecular weight excluding hydrogens is 334 g/mol. The first-order valence-electron chi connectivity index (χ1n) is 9.10. The van der Waals surface area contributed by atoms with E-state index < -0.39 is 0 Å². The standard InChI is InChI=1S/C19H27N3O4/c1-20(25-2)18(23)16-12-17(13-16)21-8-10-22(11-9-21)19(24)26-14-15-6-4-3-5-7-15/h3-7,16-17H,8-14H2,1-2H3. The molecule has 1 saturated heterocycles. The molecule has 0 spiro atoms. The minimum atomic E-state index is -0.253. The number of piperazine rings is 1. The minimum Gasteiger partial charge on any atom is -0.445 e. The molecule has 7 nitrogen and oxygen atoms in total. The van der Waals surface area contributed by atoms with Crippen molar-refractivity contribution in [3.63, 3.8) is 0 Å². The second-order valence-corrected chi connectivity index (χ2v) is 6.90. The van der Waals surface area contributed by atoms with Gasteiger partial charge in [0.15, 0.2) is 0 Å². The van der Waals surface area contributed by atoms with Gasteiger partial charge in [-0.05, 0) is 18.4 Å². The molecule has 2 aliphatic rings. The van der Waals surface area contributed by atoms with E-state index in [4.69, 9.17) is 9.57 Å². The number of hydrogen-bond donors (Lipinski definition) is 0. The van der Waals surface area contributed by atoms with E-state index in [2.05, 4.69) is 4.90 Å². The van der Waals surface area contributed by atoms with Gasteiger partial charge in [0, 0.05) is 45.2 Å². The van der Waals surface area contributed by atoms with Crippen molar-refractivity contribution in [3.05, 3.63) is 35.9 Å². The predicted molar refractivity (Wildman–Crippen MR) is 96.1 cm³/mol. The third-order valence-corrected chi connectivity index (χ3v) is 5.34. The molecule has 142 valence electrons. The average Bonchev–Trinajstić information content (AvgIpc) is 2.65. The van der Waals surface area contributed by atoms with Crippen LogP contribution >= 0.6 is 0 Å². The second kappa shape index (κ2) is 8.51. The summed E-state index contributed by atoms with van der Waals surface area (Å²) < 4.78 is 5.40. The predicted octanol–water partition coefficient (Wildman–Crippen LogP) is 1.74. The van der Waals surface area contributed by atoms with Gasteiger partial charge in [0.1, 0.15) is 6.61 Å². The zero-order chi connectivity index (χ0) is 18.5. The van der Waals surface area contributed by atoms with Gasteiger partial charge >= 0.3 is 6.09 Å². The Labute approximate surface area is 154 Å². The van der Waals surface area contributed by atoms with Crippen molar-refractivity contribution in [2.45, 2.75) is 25.5 Å². The second-order valence-electron chi connectivity index (χ2n) is 6.90. The Balaban J connectivity index is 1.37. The lowest BCUT2D eigenvalue weighted by Crippen LogP contribution is -2.56. The Kier molecular flexibility index (Phi) is 6.11. The Morgan fingerprint density at radius 2 is 1.77 bits per heavy atom. The number of hydroxylamine groups is 2. The first-order chi connectivity index (χ1) is 12.6. The summed E-state index contributed by atoms with van der Waals surface area (Å²) in [4.78, 5) is 33.3. The molecule has 3 rings (SSSR count). The lowest BCUT2D eigenvalue weighted by molar-refractivity contribution is -0.178. The zero-order valence-electron chi connectivity index (χ0n) is 15.5. The van der Waals surface area contributed by atoms with Crippen molar-refractivity contribution < 1.29 is 19.2 Å². The van der Waals surface area contributed by atoms with Gasteiger partial charge in [-0.1, -0.05) is 30.3 Å². The molecule has 1 saturated carbocycles. The summed E-state index contributed by atoms with van der Waals surface area (Å²) >= 11 is 0. The van der Waals surface area contributed by atoms with E-state index in [1.54, 1.807) is 11.9 Å². The molecule has 0 N–H and O–H groups in total. The Bertz CT molecular complexity index is 610. The summed E-state index contributed by atoms with van der Waals surface area (Å²) in [6, 6.07) is 10.1. The Morgan fingerprint density at radius 1 is 1.12 bits per heavy atom. The van der Waals surface area contributed by atoms with E-state index in [1.807, 2.05) is 30.3 Å². The van der Waals surface area contributed by atoms with Crippen molar-refractivity contribution in [3.8, 4) is 0 Å². The molecule has 1 aromatic carbocycles. The first kappa shape index (κ1) is 18.7. The van der Waals surface area contributed by atoms with Crippen LogP contribution in [0.4, 0.5) is 4.79 Å². The monoisotopic (exact) mass is 361 g/mol. The molecule has 1 aliphatic carbocycles.